The number of anilines is 1. The highest BCUT2D eigenvalue weighted by Crippen LogP contribution is 2.29. The highest BCUT2D eigenvalue weighted by molar-refractivity contribution is 6.38. The Balaban J connectivity index is 2.59. The molecule has 0 heterocycles. The van der Waals surface area contributed by atoms with E-state index in [0.717, 1.165) is 31.5 Å². The number of nitrogens with two attached hydrogens (primary N) is 1. The molecule has 1 aromatic rings. The quantitative estimate of drug-likeness (QED) is 0.482. The monoisotopic (exact) mass is 272 g/mol. The number of benzene rings is 1. The predicted molar refractivity (Wildman–Crippen MR) is 76.6 cm³/mol. The molecule has 2 N–H and O–H groups in total. The van der Waals surface area contributed by atoms with Gasteiger partial charge in [0.15, 0.2) is 0 Å². The van der Waals surface area contributed by atoms with Gasteiger partial charge in [-0.2, -0.15) is 0 Å². The average molecular weight is 273 g/mol. The van der Waals surface area contributed by atoms with Gasteiger partial charge in [0.05, 0.1) is 15.7 Å². The van der Waals surface area contributed by atoms with Gasteiger partial charge in [-0.15, -0.1) is 6.58 Å². The zero-order valence-electron chi connectivity index (χ0n) is 10.0. The lowest BCUT2D eigenvalue weighted by Gasteiger charge is -2.17. The van der Waals surface area contributed by atoms with Gasteiger partial charge in [-0.3, -0.25) is 0 Å². The Morgan fingerprint density at radius 2 is 1.94 bits per heavy atom. The maximum atomic E-state index is 5.99. The van der Waals surface area contributed by atoms with E-state index in [0.29, 0.717) is 15.7 Å². The summed E-state index contributed by atoms with van der Waals surface area (Å²) in [5, 5.41) is 1.04. The van der Waals surface area contributed by atoms with E-state index in [1.807, 2.05) is 18.2 Å². The second kappa shape index (κ2) is 6.90. The first-order valence-corrected chi connectivity index (χ1v) is 6.33. The summed E-state index contributed by atoms with van der Waals surface area (Å²) in [6.07, 6.45) is 4.08. The number of unbranched alkanes of at least 4 members (excludes halogenated alkanes) is 1. The molecule has 0 spiro atoms. The average Bonchev–Trinajstić information content (AvgIpc) is 2.26. The molecule has 1 aromatic carbocycles. The van der Waals surface area contributed by atoms with Crippen LogP contribution in [-0.2, 0) is 6.54 Å². The summed E-state index contributed by atoms with van der Waals surface area (Å²) in [5.74, 6) is 0. The molecule has 0 radical (unpaired) electrons. The van der Waals surface area contributed by atoms with Crippen LogP contribution < -0.4 is 5.73 Å². The molecule has 0 aliphatic carbocycles. The van der Waals surface area contributed by atoms with Gasteiger partial charge in [0, 0.05) is 6.54 Å². The first kappa shape index (κ1) is 14.4. The van der Waals surface area contributed by atoms with Crippen LogP contribution in [-0.4, -0.2) is 18.5 Å². The molecule has 1 rings (SSSR count). The SMILES string of the molecule is C=CCCCN(C)Cc1cc(Cl)c(N)c(Cl)c1. The third-order valence-electron chi connectivity index (χ3n) is 2.54. The summed E-state index contributed by atoms with van der Waals surface area (Å²) in [4.78, 5) is 2.22. The van der Waals surface area contributed by atoms with Gasteiger partial charge in [0.25, 0.3) is 0 Å². The molecule has 17 heavy (non-hydrogen) atoms. The molecule has 0 fully saturated rings. The number of rotatable bonds is 6. The molecular weight excluding hydrogens is 255 g/mol. The van der Waals surface area contributed by atoms with Gasteiger partial charge in [-0.05, 0) is 44.1 Å². The van der Waals surface area contributed by atoms with Crippen LogP contribution in [0.15, 0.2) is 24.8 Å². The summed E-state index contributed by atoms with van der Waals surface area (Å²) in [6, 6.07) is 3.74. The Kier molecular flexibility index (Phi) is 5.83. The van der Waals surface area contributed by atoms with Crippen molar-refractivity contribution in [1.82, 2.24) is 4.90 Å². The number of nitrogens with zero attached hydrogens (tertiary/aromatic N) is 1. The minimum absolute atomic E-state index is 0.450. The van der Waals surface area contributed by atoms with Crippen LogP contribution in [0.4, 0.5) is 5.69 Å². The number of hydrogen-bond acceptors (Lipinski definition) is 2. The molecule has 4 heteroatoms. The summed E-state index contributed by atoms with van der Waals surface area (Å²) in [7, 11) is 2.07. The Morgan fingerprint density at radius 1 is 1.35 bits per heavy atom. The highest BCUT2D eigenvalue weighted by Gasteiger charge is 2.06. The fourth-order valence-electron chi connectivity index (χ4n) is 1.62. The molecule has 0 aliphatic rings. The van der Waals surface area contributed by atoms with Gasteiger partial charge < -0.3 is 10.6 Å². The van der Waals surface area contributed by atoms with Crippen molar-refractivity contribution in [2.24, 2.45) is 0 Å². The van der Waals surface area contributed by atoms with E-state index < -0.39 is 0 Å². The second-order valence-electron chi connectivity index (χ2n) is 4.14. The first-order valence-electron chi connectivity index (χ1n) is 5.57. The lowest BCUT2D eigenvalue weighted by Crippen LogP contribution is -2.19. The topological polar surface area (TPSA) is 29.3 Å². The van der Waals surface area contributed by atoms with E-state index in [2.05, 4.69) is 18.5 Å². The lowest BCUT2D eigenvalue weighted by atomic mass is 10.2. The lowest BCUT2D eigenvalue weighted by molar-refractivity contribution is 0.323. The molecule has 94 valence electrons. The van der Waals surface area contributed by atoms with E-state index >= 15 is 0 Å². The van der Waals surface area contributed by atoms with Crippen LogP contribution in [0.25, 0.3) is 0 Å². The van der Waals surface area contributed by atoms with Crippen LogP contribution in [0.5, 0.6) is 0 Å². The Hall–Kier alpha value is -0.700. The number of allylic oxidation sites excluding steroid dienone is 1. The molecule has 0 aliphatic heterocycles. The molecule has 0 aromatic heterocycles. The Labute approximate surface area is 113 Å². The molecule has 0 bridgehead atoms. The number of hydrogen-bond donors (Lipinski definition) is 1. The standard InChI is InChI=1S/C13H18Cl2N2/c1-3-4-5-6-17(2)9-10-7-11(14)13(16)12(15)8-10/h3,7-8H,1,4-6,9,16H2,2H3. The molecule has 0 unspecified atom stereocenters. The summed E-state index contributed by atoms with van der Waals surface area (Å²) < 4.78 is 0. The van der Waals surface area contributed by atoms with Crippen molar-refractivity contribution in [2.75, 3.05) is 19.3 Å². The fourth-order valence-corrected chi connectivity index (χ4v) is 2.16. The van der Waals surface area contributed by atoms with Crippen molar-refractivity contribution in [3.63, 3.8) is 0 Å². The number of nitrogen functional groups attached to an aromatic ring is 1. The van der Waals surface area contributed by atoms with Crippen LogP contribution in [0.3, 0.4) is 0 Å². The van der Waals surface area contributed by atoms with Gasteiger partial charge >= 0.3 is 0 Å². The summed E-state index contributed by atoms with van der Waals surface area (Å²) >= 11 is 12.0. The molecule has 0 atom stereocenters. The molecule has 0 saturated carbocycles. The van der Waals surface area contributed by atoms with Crippen LogP contribution in [0.1, 0.15) is 18.4 Å². The van der Waals surface area contributed by atoms with Crippen molar-refractivity contribution >= 4 is 28.9 Å². The normalized spacial score (nSPS) is 10.8. The summed E-state index contributed by atoms with van der Waals surface area (Å²) in [5.41, 5.74) is 7.22. The molecule has 0 saturated heterocycles. The Morgan fingerprint density at radius 3 is 2.47 bits per heavy atom. The predicted octanol–water partition coefficient (Wildman–Crippen LogP) is 3.97. The second-order valence-corrected chi connectivity index (χ2v) is 4.96. The van der Waals surface area contributed by atoms with E-state index in [4.69, 9.17) is 28.9 Å². The minimum Gasteiger partial charge on any atom is -0.396 e. The van der Waals surface area contributed by atoms with Gasteiger partial charge in [-0.1, -0.05) is 29.3 Å². The largest absolute Gasteiger partial charge is 0.396 e. The van der Waals surface area contributed by atoms with E-state index in [1.54, 1.807) is 0 Å². The molecule has 0 amide bonds. The third kappa shape index (κ3) is 4.58. The van der Waals surface area contributed by atoms with Crippen LogP contribution >= 0.6 is 23.2 Å². The van der Waals surface area contributed by atoms with Crippen molar-refractivity contribution in [2.45, 2.75) is 19.4 Å². The van der Waals surface area contributed by atoms with Crippen molar-refractivity contribution in [3.8, 4) is 0 Å². The highest BCUT2D eigenvalue weighted by atomic mass is 35.5. The third-order valence-corrected chi connectivity index (χ3v) is 3.16. The van der Waals surface area contributed by atoms with Gasteiger partial charge in [0.1, 0.15) is 0 Å². The van der Waals surface area contributed by atoms with Crippen molar-refractivity contribution in [3.05, 3.63) is 40.4 Å². The van der Waals surface area contributed by atoms with Gasteiger partial charge in [0.2, 0.25) is 0 Å². The van der Waals surface area contributed by atoms with E-state index in [-0.39, 0.29) is 0 Å². The van der Waals surface area contributed by atoms with Crippen LogP contribution in [0, 0.1) is 0 Å². The summed E-state index contributed by atoms with van der Waals surface area (Å²) in [6.45, 7) is 5.54. The smallest absolute Gasteiger partial charge is 0.0693 e. The van der Waals surface area contributed by atoms with Gasteiger partial charge in [-0.25, -0.2) is 0 Å². The Bertz CT molecular complexity index is 368. The molecular formula is C13H18Cl2N2. The fraction of sp³-hybridized carbons (Fsp3) is 0.385. The van der Waals surface area contributed by atoms with Crippen molar-refractivity contribution < 1.29 is 0 Å². The van der Waals surface area contributed by atoms with E-state index in [1.165, 1.54) is 0 Å². The minimum atomic E-state index is 0.450. The maximum absolute atomic E-state index is 5.99. The number of halogens is 2. The zero-order valence-corrected chi connectivity index (χ0v) is 11.6. The molecule has 2 nitrogen and oxygen atoms in total. The maximum Gasteiger partial charge on any atom is 0.0693 e. The van der Waals surface area contributed by atoms with Crippen LogP contribution in [0.2, 0.25) is 10.0 Å². The zero-order chi connectivity index (χ0) is 12.8. The van der Waals surface area contributed by atoms with Crippen molar-refractivity contribution in [1.29, 1.82) is 0 Å². The van der Waals surface area contributed by atoms with E-state index in [9.17, 15) is 0 Å². The first-order chi connectivity index (χ1) is 8.04.